The van der Waals surface area contributed by atoms with Crippen molar-refractivity contribution >= 4 is 6.21 Å². The van der Waals surface area contributed by atoms with Crippen LogP contribution in [-0.4, -0.2) is 6.21 Å². The van der Waals surface area contributed by atoms with Crippen molar-refractivity contribution in [3.05, 3.63) is 12.3 Å². The summed E-state index contributed by atoms with van der Waals surface area (Å²) in [5.74, 6) is 0. The van der Waals surface area contributed by atoms with Gasteiger partial charge in [-0.25, -0.2) is 0 Å². The van der Waals surface area contributed by atoms with Gasteiger partial charge in [0.25, 0.3) is 0 Å². The van der Waals surface area contributed by atoms with Crippen molar-refractivity contribution in [2.75, 3.05) is 0 Å². The highest BCUT2D eigenvalue weighted by molar-refractivity contribution is 5.70. The van der Waals surface area contributed by atoms with Gasteiger partial charge in [-0.05, 0) is 21.7 Å². The maximum absolute atomic E-state index is 3.42. The molecule has 0 unspecified atom stereocenters. The van der Waals surface area contributed by atoms with Crippen LogP contribution in [0.2, 0.25) is 0 Å². The lowest BCUT2D eigenvalue weighted by Crippen LogP contribution is -1.62. The lowest BCUT2D eigenvalue weighted by molar-refractivity contribution is 0.891. The lowest BCUT2D eigenvalue weighted by atomic mass is 10.7. The first-order valence-corrected chi connectivity index (χ1v) is 1.98. The fourth-order valence-electron chi connectivity index (χ4n) is 0.239. The van der Waals surface area contributed by atoms with Crippen LogP contribution >= 0.6 is 0 Å². The highest BCUT2D eigenvalue weighted by atomic mass is 15.5. The Hall–Kier alpha value is -1.39. The van der Waals surface area contributed by atoms with Gasteiger partial charge < -0.3 is 0 Å². The molecule has 0 N–H and O–H groups in total. The molecule has 40 valence electrons. The SMILES string of the molecule is C1=CN=NN=NN=C1. The molecule has 1 aliphatic rings. The highest BCUT2D eigenvalue weighted by Gasteiger charge is 1.68. The molecule has 0 saturated heterocycles. The molecule has 5 nitrogen and oxygen atoms in total. The highest BCUT2D eigenvalue weighted by Crippen LogP contribution is 1.85. The molecule has 0 aromatic rings. The van der Waals surface area contributed by atoms with Crippen LogP contribution in [0, 0.1) is 0 Å². The van der Waals surface area contributed by atoms with E-state index in [-0.39, 0.29) is 0 Å². The van der Waals surface area contributed by atoms with Crippen LogP contribution in [0.15, 0.2) is 38.2 Å². The van der Waals surface area contributed by atoms with E-state index < -0.39 is 0 Å². The summed E-state index contributed by atoms with van der Waals surface area (Å²) in [7, 11) is 0. The van der Waals surface area contributed by atoms with Gasteiger partial charge in [0.1, 0.15) is 0 Å². The first kappa shape index (κ1) is 4.76. The molecular weight excluding hydrogens is 106 g/mol. The van der Waals surface area contributed by atoms with Crippen molar-refractivity contribution in [3.8, 4) is 0 Å². The van der Waals surface area contributed by atoms with Gasteiger partial charge in [-0.1, -0.05) is 0 Å². The predicted octanol–water partition coefficient (Wildman–Crippen LogP) is 1.32. The van der Waals surface area contributed by atoms with Crippen molar-refractivity contribution in [2.24, 2.45) is 25.9 Å². The lowest BCUT2D eigenvalue weighted by Gasteiger charge is -1.74. The molecule has 1 aliphatic heterocycles. The third-order valence-electron chi connectivity index (χ3n) is 0.489. The third-order valence-corrected chi connectivity index (χ3v) is 0.489. The molecular formula is C3H3N5. The Morgan fingerprint density at radius 2 is 2.00 bits per heavy atom. The van der Waals surface area contributed by atoms with Gasteiger partial charge in [-0.2, -0.15) is 0 Å². The summed E-state index contributed by atoms with van der Waals surface area (Å²) in [5, 5.41) is 16.4. The zero-order chi connectivity index (χ0) is 5.66. The van der Waals surface area contributed by atoms with Gasteiger partial charge in [0.2, 0.25) is 0 Å². The quantitative estimate of drug-likeness (QED) is 0.450. The molecule has 8 heavy (non-hydrogen) atoms. The van der Waals surface area contributed by atoms with Crippen molar-refractivity contribution in [1.82, 2.24) is 0 Å². The van der Waals surface area contributed by atoms with Gasteiger partial charge in [0.15, 0.2) is 0 Å². The summed E-state index contributed by atoms with van der Waals surface area (Å²) in [5.41, 5.74) is 0. The molecule has 1 heterocycles. The van der Waals surface area contributed by atoms with Gasteiger partial charge in [0.05, 0.1) is 12.4 Å². The molecule has 0 aromatic heterocycles. The number of hydrogen-bond donors (Lipinski definition) is 0. The summed E-state index contributed by atoms with van der Waals surface area (Å²) in [6.45, 7) is 0. The zero-order valence-electron chi connectivity index (χ0n) is 3.97. The van der Waals surface area contributed by atoms with Gasteiger partial charge in [-0.15, -0.1) is 10.2 Å². The van der Waals surface area contributed by atoms with Crippen molar-refractivity contribution < 1.29 is 0 Å². The van der Waals surface area contributed by atoms with Gasteiger partial charge in [-0.3, -0.25) is 0 Å². The van der Waals surface area contributed by atoms with E-state index in [0.717, 1.165) is 0 Å². The third kappa shape index (κ3) is 1.38. The van der Waals surface area contributed by atoms with Crippen LogP contribution in [0.5, 0.6) is 0 Å². The molecule has 1 rings (SSSR count). The summed E-state index contributed by atoms with van der Waals surface area (Å²) in [6, 6.07) is 0. The Balaban J connectivity index is 2.67. The molecule has 0 aromatic carbocycles. The second kappa shape index (κ2) is 2.73. The van der Waals surface area contributed by atoms with Crippen LogP contribution in [0.1, 0.15) is 0 Å². The minimum Gasteiger partial charge on any atom is -0.137 e. The average Bonchev–Trinajstić information content (AvgIpc) is 1.62. The molecule has 0 bridgehead atoms. The van der Waals surface area contributed by atoms with Crippen LogP contribution in [0.25, 0.3) is 0 Å². The molecule has 0 atom stereocenters. The van der Waals surface area contributed by atoms with Crippen LogP contribution in [-0.2, 0) is 0 Å². The Labute approximate surface area is 45.5 Å². The zero-order valence-corrected chi connectivity index (χ0v) is 3.97. The van der Waals surface area contributed by atoms with Crippen molar-refractivity contribution in [1.29, 1.82) is 0 Å². The Kier molecular flexibility index (Phi) is 1.62. The molecule has 0 aliphatic carbocycles. The van der Waals surface area contributed by atoms with Crippen molar-refractivity contribution in [3.63, 3.8) is 0 Å². The summed E-state index contributed by atoms with van der Waals surface area (Å²) in [4.78, 5) is 0. The van der Waals surface area contributed by atoms with E-state index in [4.69, 9.17) is 0 Å². The molecule has 0 amide bonds. The largest absolute Gasteiger partial charge is 0.137 e. The maximum atomic E-state index is 3.42. The Morgan fingerprint density at radius 1 is 1.00 bits per heavy atom. The van der Waals surface area contributed by atoms with E-state index in [1.807, 2.05) is 0 Å². The van der Waals surface area contributed by atoms with E-state index in [0.29, 0.717) is 0 Å². The first-order chi connectivity index (χ1) is 4.00. The number of nitrogens with zero attached hydrogens (tertiary/aromatic N) is 5. The molecule has 0 saturated carbocycles. The molecule has 0 fully saturated rings. The average molecular weight is 109 g/mol. The Bertz CT molecular complexity index is 109. The van der Waals surface area contributed by atoms with Gasteiger partial charge in [0, 0.05) is 0 Å². The number of rotatable bonds is 0. The Morgan fingerprint density at radius 3 is 3.00 bits per heavy atom. The minimum absolute atomic E-state index is 1.47. The van der Waals surface area contributed by atoms with E-state index in [1.54, 1.807) is 6.08 Å². The molecule has 0 spiro atoms. The summed E-state index contributed by atoms with van der Waals surface area (Å²) >= 11 is 0. The molecule has 0 radical (unpaired) electrons. The van der Waals surface area contributed by atoms with Crippen molar-refractivity contribution in [2.45, 2.75) is 0 Å². The van der Waals surface area contributed by atoms with Crippen LogP contribution < -0.4 is 0 Å². The fraction of sp³-hybridized carbons (Fsp3) is 0. The second-order valence-electron chi connectivity index (χ2n) is 0.990. The monoisotopic (exact) mass is 109 g/mol. The fourth-order valence-corrected chi connectivity index (χ4v) is 0.239. The number of allylic oxidation sites excluding steroid dienone is 1. The van der Waals surface area contributed by atoms with E-state index in [9.17, 15) is 0 Å². The van der Waals surface area contributed by atoms with Crippen LogP contribution in [0.4, 0.5) is 0 Å². The summed E-state index contributed by atoms with van der Waals surface area (Å²) < 4.78 is 0. The predicted molar refractivity (Wildman–Crippen MR) is 27.3 cm³/mol. The molecule has 5 heteroatoms. The normalized spacial score (nSPS) is 16.0. The topological polar surface area (TPSA) is 61.8 Å². The van der Waals surface area contributed by atoms with Gasteiger partial charge >= 0.3 is 0 Å². The number of hydrogen-bond acceptors (Lipinski definition) is 5. The maximum Gasteiger partial charge on any atom is 0.0530 e. The van der Waals surface area contributed by atoms with Crippen LogP contribution in [0.3, 0.4) is 0 Å². The standard InChI is InChI=1S/C3H3N5/c1-2-4-6-8-7-5-3-1/h1-3H. The van der Waals surface area contributed by atoms with E-state index >= 15 is 0 Å². The second-order valence-corrected chi connectivity index (χ2v) is 0.990. The summed E-state index contributed by atoms with van der Waals surface area (Å²) in [6.07, 6.45) is 4.56. The van der Waals surface area contributed by atoms with E-state index in [1.165, 1.54) is 12.4 Å². The van der Waals surface area contributed by atoms with E-state index in [2.05, 4.69) is 25.9 Å². The smallest absolute Gasteiger partial charge is 0.0530 e. The first-order valence-electron chi connectivity index (χ1n) is 1.98. The minimum atomic E-state index is 1.47.